The molecule has 0 unspecified atom stereocenters. The fraction of sp³-hybridized carbons (Fsp3) is 0.364. The number of nitrogens with two attached hydrogens (primary N) is 1. The van der Waals surface area contributed by atoms with Gasteiger partial charge in [-0.3, -0.25) is 5.10 Å². The molecule has 1 heterocycles. The van der Waals surface area contributed by atoms with E-state index in [9.17, 15) is 0 Å². The normalized spacial score (nSPS) is 11.1. The second-order valence-corrected chi connectivity index (χ2v) is 4.36. The van der Waals surface area contributed by atoms with Crippen LogP contribution < -0.4 is 10.5 Å². The van der Waals surface area contributed by atoms with Gasteiger partial charge in [0.1, 0.15) is 10.7 Å². The summed E-state index contributed by atoms with van der Waals surface area (Å²) in [4.78, 5) is 0. The van der Waals surface area contributed by atoms with Crippen molar-refractivity contribution in [2.75, 3.05) is 13.2 Å². The summed E-state index contributed by atoms with van der Waals surface area (Å²) in [6.45, 7) is 3.00. The van der Waals surface area contributed by atoms with Crippen LogP contribution in [0, 0.1) is 0 Å². The third kappa shape index (κ3) is 2.20. The number of nitrogens with one attached hydrogen (secondary N) is 1. The Morgan fingerprint density at radius 3 is 2.88 bits per heavy atom. The number of nitrogens with zero attached hydrogens (tertiary/aromatic N) is 1. The largest absolute Gasteiger partial charge is 0.491 e. The number of rotatable bonds is 4. The topological polar surface area (TPSA) is 63.9 Å². The average Bonchev–Trinajstić information content (AvgIpc) is 2.67. The Morgan fingerprint density at radius 2 is 2.24 bits per heavy atom. The maximum atomic E-state index is 6.18. The Morgan fingerprint density at radius 1 is 1.47 bits per heavy atom. The van der Waals surface area contributed by atoms with Crippen molar-refractivity contribution in [3.63, 3.8) is 0 Å². The highest BCUT2D eigenvalue weighted by molar-refractivity contribution is 6.41. The zero-order valence-corrected chi connectivity index (χ0v) is 10.9. The van der Waals surface area contributed by atoms with Crippen LogP contribution in [0.3, 0.4) is 0 Å². The van der Waals surface area contributed by atoms with Gasteiger partial charge < -0.3 is 10.5 Å². The van der Waals surface area contributed by atoms with Crippen LogP contribution in [0.4, 0.5) is 0 Å². The summed E-state index contributed by atoms with van der Waals surface area (Å²) in [6, 6.07) is 1.84. The molecule has 0 saturated heterocycles. The Kier molecular flexibility index (Phi) is 3.76. The number of aromatic nitrogens is 2. The first kappa shape index (κ1) is 12.5. The maximum Gasteiger partial charge on any atom is 0.150 e. The van der Waals surface area contributed by atoms with E-state index in [2.05, 4.69) is 10.2 Å². The lowest BCUT2D eigenvalue weighted by atomic mass is 10.1. The Bertz CT molecular complexity index is 539. The van der Waals surface area contributed by atoms with Crippen LogP contribution in [0.25, 0.3) is 10.9 Å². The van der Waals surface area contributed by atoms with Crippen molar-refractivity contribution in [3.05, 3.63) is 21.8 Å². The SMILES string of the molecule is CCOc1c(CCN)cc(Cl)c2c(Cl)[nH]nc12. The van der Waals surface area contributed by atoms with E-state index in [1.54, 1.807) is 0 Å². The Hall–Kier alpha value is -0.970. The number of ether oxygens (including phenoxy) is 1. The molecule has 0 radical (unpaired) electrons. The number of aromatic amines is 1. The van der Waals surface area contributed by atoms with Crippen LogP contribution in [-0.4, -0.2) is 23.3 Å². The quantitative estimate of drug-likeness (QED) is 0.901. The van der Waals surface area contributed by atoms with E-state index >= 15 is 0 Å². The molecule has 1 aromatic heterocycles. The van der Waals surface area contributed by atoms with Crippen molar-refractivity contribution < 1.29 is 4.74 Å². The van der Waals surface area contributed by atoms with Gasteiger partial charge in [-0.15, -0.1) is 0 Å². The summed E-state index contributed by atoms with van der Waals surface area (Å²) < 4.78 is 5.62. The van der Waals surface area contributed by atoms with Crippen molar-refractivity contribution in [2.45, 2.75) is 13.3 Å². The van der Waals surface area contributed by atoms with Gasteiger partial charge in [-0.05, 0) is 31.5 Å². The molecule has 17 heavy (non-hydrogen) atoms. The molecule has 0 aliphatic rings. The molecule has 4 nitrogen and oxygen atoms in total. The van der Waals surface area contributed by atoms with Gasteiger partial charge in [0, 0.05) is 0 Å². The molecular weight excluding hydrogens is 261 g/mol. The summed E-state index contributed by atoms with van der Waals surface area (Å²) in [5, 5.41) is 8.51. The van der Waals surface area contributed by atoms with E-state index in [4.69, 9.17) is 33.7 Å². The molecule has 3 N–H and O–H groups in total. The summed E-state index contributed by atoms with van der Waals surface area (Å²) in [5.74, 6) is 0.709. The summed E-state index contributed by atoms with van der Waals surface area (Å²) in [5.41, 5.74) is 7.19. The van der Waals surface area contributed by atoms with Crippen LogP contribution in [0.2, 0.25) is 10.2 Å². The minimum Gasteiger partial charge on any atom is -0.491 e. The van der Waals surface area contributed by atoms with Crippen LogP contribution >= 0.6 is 23.2 Å². The maximum absolute atomic E-state index is 6.18. The van der Waals surface area contributed by atoms with E-state index in [-0.39, 0.29) is 0 Å². The highest BCUT2D eigenvalue weighted by Crippen LogP contribution is 2.37. The fourth-order valence-corrected chi connectivity index (χ4v) is 2.39. The molecule has 0 spiro atoms. The first-order chi connectivity index (χ1) is 8.19. The molecule has 92 valence electrons. The Balaban J connectivity index is 2.69. The lowest BCUT2D eigenvalue weighted by Crippen LogP contribution is -2.06. The van der Waals surface area contributed by atoms with Crippen molar-refractivity contribution >= 4 is 34.1 Å². The summed E-state index contributed by atoms with van der Waals surface area (Å²) in [7, 11) is 0. The summed E-state index contributed by atoms with van der Waals surface area (Å²) in [6.07, 6.45) is 0.690. The van der Waals surface area contributed by atoms with Crippen LogP contribution in [0.5, 0.6) is 5.75 Å². The van der Waals surface area contributed by atoms with Crippen molar-refractivity contribution in [2.24, 2.45) is 5.73 Å². The lowest BCUT2D eigenvalue weighted by molar-refractivity contribution is 0.340. The summed E-state index contributed by atoms with van der Waals surface area (Å²) >= 11 is 12.2. The number of hydrogen-bond donors (Lipinski definition) is 2. The number of halogens is 2. The third-order valence-corrected chi connectivity index (χ3v) is 3.04. The molecule has 0 aliphatic heterocycles. The molecule has 2 aromatic rings. The Labute approximate surface area is 109 Å². The molecule has 0 amide bonds. The number of H-pyrrole nitrogens is 1. The third-order valence-electron chi connectivity index (χ3n) is 2.47. The van der Waals surface area contributed by atoms with Crippen LogP contribution in [-0.2, 0) is 6.42 Å². The van der Waals surface area contributed by atoms with Crippen LogP contribution in [0.15, 0.2) is 6.07 Å². The highest BCUT2D eigenvalue weighted by Gasteiger charge is 2.17. The first-order valence-corrected chi connectivity index (χ1v) is 6.12. The van der Waals surface area contributed by atoms with E-state index in [1.165, 1.54) is 0 Å². The molecule has 0 bridgehead atoms. The monoisotopic (exact) mass is 273 g/mol. The molecule has 0 aliphatic carbocycles. The first-order valence-electron chi connectivity index (χ1n) is 5.36. The van der Waals surface area contributed by atoms with Crippen molar-refractivity contribution in [3.8, 4) is 5.75 Å². The second-order valence-electron chi connectivity index (χ2n) is 3.58. The molecule has 0 saturated carbocycles. The van der Waals surface area contributed by atoms with Gasteiger partial charge in [0.05, 0.1) is 17.0 Å². The van der Waals surface area contributed by atoms with Gasteiger partial charge in [-0.2, -0.15) is 5.10 Å². The van der Waals surface area contributed by atoms with Crippen molar-refractivity contribution in [1.82, 2.24) is 10.2 Å². The standard InChI is InChI=1S/C11H13Cl2N3O/c1-2-17-10-6(3-4-14)5-7(12)8-9(10)15-16-11(8)13/h5H,2-4,14H2,1H3,(H,15,16). The molecule has 0 atom stereocenters. The molecule has 1 aromatic carbocycles. The fourth-order valence-electron chi connectivity index (χ4n) is 1.79. The van der Waals surface area contributed by atoms with Gasteiger partial charge >= 0.3 is 0 Å². The molecule has 0 fully saturated rings. The predicted molar refractivity (Wildman–Crippen MR) is 70.0 cm³/mol. The lowest BCUT2D eigenvalue weighted by Gasteiger charge is -2.11. The smallest absolute Gasteiger partial charge is 0.150 e. The van der Waals surface area contributed by atoms with Gasteiger partial charge in [-0.1, -0.05) is 23.2 Å². The predicted octanol–water partition coefficient (Wildman–Crippen LogP) is 2.77. The zero-order valence-electron chi connectivity index (χ0n) is 9.39. The second kappa shape index (κ2) is 5.12. The van der Waals surface area contributed by atoms with Gasteiger partial charge in [0.25, 0.3) is 0 Å². The highest BCUT2D eigenvalue weighted by atomic mass is 35.5. The number of hydrogen-bond acceptors (Lipinski definition) is 3. The van der Waals surface area contributed by atoms with Crippen LogP contribution in [0.1, 0.15) is 12.5 Å². The van der Waals surface area contributed by atoms with E-state index < -0.39 is 0 Å². The van der Waals surface area contributed by atoms with E-state index in [0.717, 1.165) is 5.56 Å². The zero-order chi connectivity index (χ0) is 12.4. The van der Waals surface area contributed by atoms with E-state index in [0.29, 0.717) is 46.4 Å². The van der Waals surface area contributed by atoms with Gasteiger partial charge in [0.2, 0.25) is 0 Å². The van der Waals surface area contributed by atoms with Gasteiger partial charge in [0.15, 0.2) is 5.75 Å². The minimum atomic E-state index is 0.422. The van der Waals surface area contributed by atoms with E-state index in [1.807, 2.05) is 13.0 Å². The van der Waals surface area contributed by atoms with Crippen molar-refractivity contribution in [1.29, 1.82) is 0 Å². The molecule has 2 rings (SSSR count). The minimum absolute atomic E-state index is 0.422. The molecular formula is C11H13Cl2N3O. The number of fused-ring (bicyclic) bond motifs is 1. The average molecular weight is 274 g/mol. The number of benzene rings is 1. The van der Waals surface area contributed by atoms with Gasteiger partial charge in [-0.25, -0.2) is 0 Å². The molecule has 6 heteroatoms.